The van der Waals surface area contributed by atoms with Crippen LogP contribution in [0.5, 0.6) is 0 Å². The summed E-state index contributed by atoms with van der Waals surface area (Å²) in [5.74, 6) is -2.37. The van der Waals surface area contributed by atoms with E-state index in [1.165, 1.54) is 13.0 Å². The summed E-state index contributed by atoms with van der Waals surface area (Å²) in [6.07, 6.45) is 4.67. The predicted octanol–water partition coefficient (Wildman–Crippen LogP) is 4.20. The van der Waals surface area contributed by atoms with Crippen molar-refractivity contribution >= 4 is 17.9 Å². The molecule has 0 aromatic rings. The monoisotopic (exact) mass is 392 g/mol. The Bertz CT molecular complexity index is 708. The van der Waals surface area contributed by atoms with E-state index in [1.54, 1.807) is 13.8 Å². The molecule has 1 unspecified atom stereocenters. The third kappa shape index (κ3) is 4.01. The van der Waals surface area contributed by atoms with Crippen molar-refractivity contribution in [2.24, 2.45) is 22.7 Å². The lowest BCUT2D eigenvalue weighted by atomic mass is 9.46. The number of hydrogen-bond acceptors (Lipinski definition) is 4. The highest BCUT2D eigenvalue weighted by Crippen LogP contribution is 2.62. The highest BCUT2D eigenvalue weighted by molar-refractivity contribution is 5.80. The first kappa shape index (κ1) is 22.2. The minimum absolute atomic E-state index is 0.111. The van der Waals surface area contributed by atoms with Gasteiger partial charge in [0.2, 0.25) is 0 Å². The Morgan fingerprint density at radius 2 is 1.86 bits per heavy atom. The Labute approximate surface area is 166 Å². The quantitative estimate of drug-likeness (QED) is 0.399. The average molecular weight is 392 g/mol. The molecular weight excluding hydrogens is 360 g/mol. The minimum atomic E-state index is -1.15. The molecule has 2 N–H and O–H groups in total. The molecule has 6 heteroatoms. The average Bonchev–Trinajstić information content (AvgIpc) is 2.55. The molecule has 0 radical (unpaired) electrons. The fraction of sp³-hybridized carbons (Fsp3) is 0.682. The van der Waals surface area contributed by atoms with Crippen LogP contribution < -0.4 is 0 Å². The topological polar surface area (TPSA) is 101 Å². The molecule has 156 valence electrons. The Balaban J connectivity index is 2.35. The number of aliphatic carboxylic acids is 2. The lowest BCUT2D eigenvalue weighted by Crippen LogP contribution is -2.60. The van der Waals surface area contributed by atoms with Gasteiger partial charge in [-0.25, -0.2) is 4.79 Å². The first-order chi connectivity index (χ1) is 12.9. The normalized spacial score (nSPS) is 35.8. The molecule has 0 saturated heterocycles. The molecule has 6 nitrogen and oxygen atoms in total. The van der Waals surface area contributed by atoms with Crippen molar-refractivity contribution < 1.29 is 29.3 Å². The zero-order valence-corrected chi connectivity index (χ0v) is 17.3. The van der Waals surface area contributed by atoms with Gasteiger partial charge in [0, 0.05) is 13.0 Å². The van der Waals surface area contributed by atoms with E-state index in [0.29, 0.717) is 19.3 Å². The number of carboxylic acid groups (broad SMARTS) is 2. The van der Waals surface area contributed by atoms with Crippen molar-refractivity contribution in [2.45, 2.75) is 72.3 Å². The lowest BCUT2D eigenvalue weighted by molar-refractivity contribution is -0.194. The summed E-state index contributed by atoms with van der Waals surface area (Å²) in [4.78, 5) is 34.8. The van der Waals surface area contributed by atoms with Gasteiger partial charge in [-0.15, -0.1) is 0 Å². The summed E-state index contributed by atoms with van der Waals surface area (Å²) in [5.41, 5.74) is 0.479. The van der Waals surface area contributed by atoms with Crippen LogP contribution in [-0.2, 0) is 19.1 Å². The van der Waals surface area contributed by atoms with Crippen LogP contribution in [0.1, 0.15) is 66.2 Å². The van der Waals surface area contributed by atoms with Crippen LogP contribution in [0.4, 0.5) is 0 Å². The van der Waals surface area contributed by atoms with E-state index < -0.39 is 29.4 Å². The molecule has 0 aromatic heterocycles. The van der Waals surface area contributed by atoms with Gasteiger partial charge in [-0.3, -0.25) is 9.59 Å². The second-order valence-corrected chi connectivity index (χ2v) is 8.90. The molecule has 2 aliphatic carbocycles. The van der Waals surface area contributed by atoms with Crippen LogP contribution in [0, 0.1) is 22.7 Å². The van der Waals surface area contributed by atoms with E-state index in [4.69, 9.17) is 9.84 Å². The van der Waals surface area contributed by atoms with Gasteiger partial charge in [0.05, 0.1) is 0 Å². The molecule has 5 atom stereocenters. The molecule has 0 amide bonds. The van der Waals surface area contributed by atoms with Crippen LogP contribution >= 0.6 is 0 Å². The Hall–Kier alpha value is -2.11. The van der Waals surface area contributed by atoms with E-state index in [-0.39, 0.29) is 17.3 Å². The van der Waals surface area contributed by atoms with Crippen molar-refractivity contribution in [1.82, 2.24) is 0 Å². The maximum Gasteiger partial charge on any atom is 0.328 e. The lowest BCUT2D eigenvalue weighted by Gasteiger charge is -2.59. The highest BCUT2D eigenvalue weighted by atomic mass is 16.5. The first-order valence-corrected chi connectivity index (χ1v) is 9.91. The number of fused-ring (bicyclic) bond motifs is 1. The zero-order valence-electron chi connectivity index (χ0n) is 17.3. The standard InChI is InChI=1S/C22H32O6/c1-13(12-19(24)25)6-8-16-14(2)7-9-17-21(16,4)11-10-18(28-15(3)23)22(17,5)20(26)27/h12,16-18H,2,6-11H2,1,3-5H3,(H,24,25)(H,26,27)/b13-12+/t16-,17?,18+,21+,22+/m0/s1. The summed E-state index contributed by atoms with van der Waals surface area (Å²) in [5, 5.41) is 19.1. The summed E-state index contributed by atoms with van der Waals surface area (Å²) in [7, 11) is 0. The van der Waals surface area contributed by atoms with E-state index in [1.807, 2.05) is 0 Å². The molecule has 0 bridgehead atoms. The molecule has 0 spiro atoms. The Morgan fingerprint density at radius 1 is 1.21 bits per heavy atom. The van der Waals surface area contributed by atoms with E-state index in [2.05, 4.69) is 13.5 Å². The fourth-order valence-electron chi connectivity index (χ4n) is 5.70. The largest absolute Gasteiger partial charge is 0.481 e. The first-order valence-electron chi connectivity index (χ1n) is 9.91. The molecule has 2 aliphatic rings. The molecule has 28 heavy (non-hydrogen) atoms. The third-order valence-electron chi connectivity index (χ3n) is 7.14. The second kappa shape index (κ2) is 8.10. The van der Waals surface area contributed by atoms with Gasteiger partial charge in [-0.2, -0.15) is 0 Å². The van der Waals surface area contributed by atoms with Crippen LogP contribution in [0.15, 0.2) is 23.8 Å². The summed E-state index contributed by atoms with van der Waals surface area (Å²) < 4.78 is 5.45. The van der Waals surface area contributed by atoms with Crippen LogP contribution in [0.25, 0.3) is 0 Å². The van der Waals surface area contributed by atoms with E-state index in [9.17, 15) is 19.5 Å². The Kier molecular flexibility index (Phi) is 6.41. The van der Waals surface area contributed by atoms with Gasteiger partial charge >= 0.3 is 17.9 Å². The summed E-state index contributed by atoms with van der Waals surface area (Å²) >= 11 is 0. The molecule has 2 fully saturated rings. The number of allylic oxidation sites excluding steroid dienone is 2. The number of ether oxygens (including phenoxy) is 1. The molecule has 0 aromatic carbocycles. The van der Waals surface area contributed by atoms with Gasteiger partial charge in [0.1, 0.15) is 11.5 Å². The van der Waals surface area contributed by atoms with E-state index >= 15 is 0 Å². The van der Waals surface area contributed by atoms with Gasteiger partial charge in [0.15, 0.2) is 0 Å². The Morgan fingerprint density at radius 3 is 2.39 bits per heavy atom. The number of carbonyl (C=O) groups excluding carboxylic acids is 1. The highest BCUT2D eigenvalue weighted by Gasteiger charge is 2.62. The number of carbonyl (C=O) groups is 3. The number of esters is 1. The van der Waals surface area contributed by atoms with Gasteiger partial charge < -0.3 is 14.9 Å². The SMILES string of the molecule is C=C1CCC2[C@](C)(CC[C@@H](OC(C)=O)[C@]2(C)C(=O)O)[C@H]1CC/C(C)=C/C(=O)O. The van der Waals surface area contributed by atoms with Gasteiger partial charge in [0.25, 0.3) is 0 Å². The van der Waals surface area contributed by atoms with Crippen molar-refractivity contribution in [3.63, 3.8) is 0 Å². The zero-order chi connectivity index (χ0) is 21.3. The number of rotatable bonds is 6. The van der Waals surface area contributed by atoms with Gasteiger partial charge in [-0.1, -0.05) is 24.6 Å². The van der Waals surface area contributed by atoms with Crippen LogP contribution in [0.3, 0.4) is 0 Å². The van der Waals surface area contributed by atoms with Crippen LogP contribution in [-0.4, -0.2) is 34.2 Å². The minimum Gasteiger partial charge on any atom is -0.481 e. The smallest absolute Gasteiger partial charge is 0.328 e. The summed E-state index contributed by atoms with van der Waals surface area (Å²) in [6.45, 7) is 11.2. The van der Waals surface area contributed by atoms with Crippen molar-refractivity contribution in [1.29, 1.82) is 0 Å². The van der Waals surface area contributed by atoms with E-state index in [0.717, 1.165) is 30.4 Å². The second-order valence-electron chi connectivity index (χ2n) is 8.90. The molecule has 0 aliphatic heterocycles. The van der Waals surface area contributed by atoms with Crippen molar-refractivity contribution in [2.75, 3.05) is 0 Å². The molecule has 2 rings (SSSR count). The van der Waals surface area contributed by atoms with Crippen molar-refractivity contribution in [3.8, 4) is 0 Å². The fourth-order valence-corrected chi connectivity index (χ4v) is 5.70. The van der Waals surface area contributed by atoms with Gasteiger partial charge in [-0.05, 0) is 69.6 Å². The van der Waals surface area contributed by atoms with Crippen molar-refractivity contribution in [3.05, 3.63) is 23.8 Å². The maximum atomic E-state index is 12.4. The molecule has 2 saturated carbocycles. The third-order valence-corrected chi connectivity index (χ3v) is 7.14. The summed E-state index contributed by atoms with van der Waals surface area (Å²) in [6, 6.07) is 0. The predicted molar refractivity (Wildman–Crippen MR) is 105 cm³/mol. The molecule has 0 heterocycles. The number of hydrogen-bond donors (Lipinski definition) is 2. The van der Waals surface area contributed by atoms with Crippen LogP contribution in [0.2, 0.25) is 0 Å². The maximum absolute atomic E-state index is 12.4. The molecular formula is C22H32O6. The number of carboxylic acids is 2.